The van der Waals surface area contributed by atoms with Crippen molar-refractivity contribution in [3.05, 3.63) is 29.1 Å². The standard InChI is InChI=1S/C11H18N2/c1-7(2)11(12)10-6-5-8(3)13-9(10)4/h5-7,11H,12H2,1-4H3. The lowest BCUT2D eigenvalue weighted by Crippen LogP contribution is -2.18. The number of aryl methyl sites for hydroxylation is 2. The summed E-state index contributed by atoms with van der Waals surface area (Å²) in [5.41, 5.74) is 9.33. The molecule has 2 heteroatoms. The minimum Gasteiger partial charge on any atom is -0.324 e. The first-order valence-corrected chi connectivity index (χ1v) is 4.72. The van der Waals surface area contributed by atoms with E-state index in [1.807, 2.05) is 19.9 Å². The summed E-state index contributed by atoms with van der Waals surface area (Å²) in [5.74, 6) is 0.461. The van der Waals surface area contributed by atoms with Crippen molar-refractivity contribution in [2.24, 2.45) is 11.7 Å². The van der Waals surface area contributed by atoms with Gasteiger partial charge in [0.05, 0.1) is 0 Å². The lowest BCUT2D eigenvalue weighted by molar-refractivity contribution is 0.510. The molecule has 0 aliphatic rings. The zero-order valence-electron chi connectivity index (χ0n) is 8.83. The molecule has 1 heterocycles. The molecule has 0 aromatic carbocycles. The van der Waals surface area contributed by atoms with Crippen molar-refractivity contribution in [2.75, 3.05) is 0 Å². The van der Waals surface area contributed by atoms with E-state index in [1.54, 1.807) is 0 Å². The lowest BCUT2D eigenvalue weighted by atomic mass is 9.96. The molecule has 0 aliphatic carbocycles. The van der Waals surface area contributed by atoms with Crippen molar-refractivity contribution >= 4 is 0 Å². The van der Waals surface area contributed by atoms with Crippen LogP contribution in [0.25, 0.3) is 0 Å². The van der Waals surface area contributed by atoms with E-state index >= 15 is 0 Å². The third-order valence-electron chi connectivity index (χ3n) is 2.34. The van der Waals surface area contributed by atoms with Gasteiger partial charge in [-0.1, -0.05) is 19.9 Å². The van der Waals surface area contributed by atoms with Gasteiger partial charge >= 0.3 is 0 Å². The second kappa shape index (κ2) is 3.88. The highest BCUT2D eigenvalue weighted by Gasteiger charge is 2.12. The van der Waals surface area contributed by atoms with Crippen molar-refractivity contribution in [2.45, 2.75) is 33.7 Å². The summed E-state index contributed by atoms with van der Waals surface area (Å²) < 4.78 is 0. The van der Waals surface area contributed by atoms with Crippen LogP contribution in [0.15, 0.2) is 12.1 Å². The number of aromatic nitrogens is 1. The predicted octanol–water partition coefficient (Wildman–Crippen LogP) is 2.35. The molecule has 2 N–H and O–H groups in total. The molecule has 0 aliphatic heterocycles. The molecule has 1 aromatic heterocycles. The SMILES string of the molecule is Cc1ccc(C(N)C(C)C)c(C)n1. The number of hydrogen-bond acceptors (Lipinski definition) is 2. The van der Waals surface area contributed by atoms with Crippen LogP contribution in [0.2, 0.25) is 0 Å². The second-order valence-corrected chi connectivity index (χ2v) is 3.90. The highest BCUT2D eigenvalue weighted by Crippen LogP contribution is 2.20. The van der Waals surface area contributed by atoms with Gasteiger partial charge in [0.25, 0.3) is 0 Å². The van der Waals surface area contributed by atoms with Gasteiger partial charge in [-0.25, -0.2) is 0 Å². The van der Waals surface area contributed by atoms with E-state index in [-0.39, 0.29) is 6.04 Å². The molecular formula is C11H18N2. The van der Waals surface area contributed by atoms with Gasteiger partial charge in [-0.05, 0) is 31.4 Å². The van der Waals surface area contributed by atoms with Crippen molar-refractivity contribution in [1.82, 2.24) is 4.98 Å². The number of hydrogen-bond donors (Lipinski definition) is 1. The average molecular weight is 178 g/mol. The van der Waals surface area contributed by atoms with Gasteiger partial charge in [-0.2, -0.15) is 0 Å². The van der Waals surface area contributed by atoms with Gasteiger partial charge in [-0.3, -0.25) is 4.98 Å². The van der Waals surface area contributed by atoms with Crippen LogP contribution in [0.3, 0.4) is 0 Å². The summed E-state index contributed by atoms with van der Waals surface area (Å²) in [5, 5.41) is 0. The average Bonchev–Trinajstić information content (AvgIpc) is 2.03. The van der Waals surface area contributed by atoms with Crippen molar-refractivity contribution in [3.63, 3.8) is 0 Å². The van der Waals surface area contributed by atoms with Crippen molar-refractivity contribution < 1.29 is 0 Å². The molecular weight excluding hydrogens is 160 g/mol. The van der Waals surface area contributed by atoms with E-state index in [1.165, 1.54) is 5.56 Å². The zero-order valence-corrected chi connectivity index (χ0v) is 8.83. The van der Waals surface area contributed by atoms with E-state index in [4.69, 9.17) is 5.73 Å². The molecule has 0 radical (unpaired) electrons. The quantitative estimate of drug-likeness (QED) is 0.755. The molecule has 0 saturated carbocycles. The third kappa shape index (κ3) is 2.28. The first kappa shape index (κ1) is 10.2. The van der Waals surface area contributed by atoms with Crippen molar-refractivity contribution in [1.29, 1.82) is 0 Å². The first-order chi connectivity index (χ1) is 6.02. The monoisotopic (exact) mass is 178 g/mol. The number of nitrogens with two attached hydrogens (primary N) is 1. The van der Waals surface area contributed by atoms with Crippen molar-refractivity contribution in [3.8, 4) is 0 Å². The Kier molecular flexibility index (Phi) is 3.04. The van der Waals surface area contributed by atoms with Crippen LogP contribution < -0.4 is 5.73 Å². The van der Waals surface area contributed by atoms with Crippen LogP contribution >= 0.6 is 0 Å². The Morgan fingerprint density at radius 1 is 1.23 bits per heavy atom. The maximum absolute atomic E-state index is 6.05. The molecule has 2 nitrogen and oxygen atoms in total. The Morgan fingerprint density at radius 2 is 1.85 bits per heavy atom. The van der Waals surface area contributed by atoms with Crippen LogP contribution in [0.5, 0.6) is 0 Å². The molecule has 0 bridgehead atoms. The molecule has 0 saturated heterocycles. The maximum Gasteiger partial charge on any atom is 0.0423 e. The molecule has 1 unspecified atom stereocenters. The van der Waals surface area contributed by atoms with Gasteiger partial charge in [0.1, 0.15) is 0 Å². The normalized spacial score (nSPS) is 13.4. The third-order valence-corrected chi connectivity index (χ3v) is 2.34. The zero-order chi connectivity index (χ0) is 10.0. The van der Waals surface area contributed by atoms with E-state index in [9.17, 15) is 0 Å². The van der Waals surface area contributed by atoms with Gasteiger partial charge in [0.15, 0.2) is 0 Å². The molecule has 0 spiro atoms. The summed E-state index contributed by atoms with van der Waals surface area (Å²) >= 11 is 0. The smallest absolute Gasteiger partial charge is 0.0423 e. The largest absolute Gasteiger partial charge is 0.324 e. The van der Waals surface area contributed by atoms with E-state index < -0.39 is 0 Å². The van der Waals surface area contributed by atoms with Crippen LogP contribution in [0.1, 0.15) is 36.8 Å². The number of nitrogens with zero attached hydrogens (tertiary/aromatic N) is 1. The number of pyridine rings is 1. The Balaban J connectivity index is 3.01. The van der Waals surface area contributed by atoms with Gasteiger partial charge < -0.3 is 5.73 Å². The molecule has 0 amide bonds. The van der Waals surface area contributed by atoms with E-state index in [0.29, 0.717) is 5.92 Å². The summed E-state index contributed by atoms with van der Waals surface area (Å²) in [6.45, 7) is 8.27. The first-order valence-electron chi connectivity index (χ1n) is 4.72. The Hall–Kier alpha value is -0.890. The Morgan fingerprint density at radius 3 is 2.31 bits per heavy atom. The summed E-state index contributed by atoms with van der Waals surface area (Å²) in [7, 11) is 0. The van der Waals surface area contributed by atoms with Crippen LogP contribution in [0, 0.1) is 19.8 Å². The van der Waals surface area contributed by atoms with E-state index in [0.717, 1.165) is 11.4 Å². The highest BCUT2D eigenvalue weighted by molar-refractivity contribution is 5.25. The Bertz CT molecular complexity index is 292. The fourth-order valence-electron chi connectivity index (χ4n) is 1.41. The summed E-state index contributed by atoms with van der Waals surface area (Å²) in [4.78, 5) is 4.40. The number of rotatable bonds is 2. The van der Waals surface area contributed by atoms with E-state index in [2.05, 4.69) is 24.9 Å². The topological polar surface area (TPSA) is 38.9 Å². The fourth-order valence-corrected chi connectivity index (χ4v) is 1.41. The fraction of sp³-hybridized carbons (Fsp3) is 0.545. The summed E-state index contributed by atoms with van der Waals surface area (Å²) in [6.07, 6.45) is 0. The predicted molar refractivity (Wildman–Crippen MR) is 55.5 cm³/mol. The van der Waals surface area contributed by atoms with Gasteiger partial charge in [0.2, 0.25) is 0 Å². The van der Waals surface area contributed by atoms with Crippen LogP contribution in [-0.4, -0.2) is 4.98 Å². The molecule has 1 atom stereocenters. The van der Waals surface area contributed by atoms with Crippen LogP contribution in [0.4, 0.5) is 0 Å². The highest BCUT2D eigenvalue weighted by atomic mass is 14.7. The van der Waals surface area contributed by atoms with Crippen LogP contribution in [-0.2, 0) is 0 Å². The molecule has 1 aromatic rings. The Labute approximate surface area is 80.2 Å². The van der Waals surface area contributed by atoms with Gasteiger partial charge in [0, 0.05) is 17.4 Å². The van der Waals surface area contributed by atoms with Gasteiger partial charge in [-0.15, -0.1) is 0 Å². The lowest BCUT2D eigenvalue weighted by Gasteiger charge is -2.17. The molecule has 1 rings (SSSR count). The molecule has 72 valence electrons. The minimum absolute atomic E-state index is 0.105. The molecule has 0 fully saturated rings. The maximum atomic E-state index is 6.05. The molecule has 13 heavy (non-hydrogen) atoms. The summed E-state index contributed by atoms with van der Waals surface area (Å²) in [6, 6.07) is 4.21. The second-order valence-electron chi connectivity index (χ2n) is 3.90. The minimum atomic E-state index is 0.105.